The molecule has 0 aromatic carbocycles. The molecule has 2 aliphatic rings. The number of carbonyl (C=O) groups excluding carboxylic acids is 1. The Morgan fingerprint density at radius 1 is 1.25 bits per heavy atom. The molecule has 1 aromatic heterocycles. The summed E-state index contributed by atoms with van der Waals surface area (Å²) in [6, 6.07) is 0.275. The highest BCUT2D eigenvalue weighted by atomic mass is 35.5. The van der Waals surface area contributed by atoms with Gasteiger partial charge in [-0.25, -0.2) is 9.97 Å². The molecular formula is C19H29BClN3O3S. The first-order valence-corrected chi connectivity index (χ1v) is 11.4. The average molecular weight is 426 g/mol. The minimum Gasteiger partial charge on any atom is -0.399 e. The van der Waals surface area contributed by atoms with E-state index in [1.807, 2.05) is 32.6 Å². The molecule has 2 aliphatic heterocycles. The van der Waals surface area contributed by atoms with E-state index >= 15 is 0 Å². The molecule has 0 unspecified atom stereocenters. The van der Waals surface area contributed by atoms with Crippen LogP contribution in [0.3, 0.4) is 0 Å². The number of thioether (sulfide) groups is 1. The summed E-state index contributed by atoms with van der Waals surface area (Å²) in [5.41, 5.74) is 0.0728. The maximum atomic E-state index is 12.0. The molecule has 0 aliphatic carbocycles. The molecule has 2 saturated heterocycles. The average Bonchev–Trinajstić information content (AvgIpc) is 2.89. The molecule has 3 heterocycles. The molecule has 6 nitrogen and oxygen atoms in total. The van der Waals surface area contributed by atoms with Gasteiger partial charge in [0.1, 0.15) is 5.88 Å². The van der Waals surface area contributed by atoms with Crippen LogP contribution in [0.4, 0.5) is 0 Å². The fraction of sp³-hybridized carbons (Fsp3) is 0.737. The van der Waals surface area contributed by atoms with Crippen molar-refractivity contribution < 1.29 is 14.1 Å². The first-order chi connectivity index (χ1) is 13.2. The number of halogens is 1. The van der Waals surface area contributed by atoms with Crippen LogP contribution in [-0.2, 0) is 14.1 Å². The fourth-order valence-corrected chi connectivity index (χ4v) is 4.47. The number of amides is 1. The van der Waals surface area contributed by atoms with E-state index in [0.29, 0.717) is 0 Å². The van der Waals surface area contributed by atoms with Crippen LogP contribution in [0.2, 0.25) is 0 Å². The van der Waals surface area contributed by atoms with Crippen molar-refractivity contribution in [3.8, 4) is 0 Å². The quantitative estimate of drug-likeness (QED) is 0.302. The van der Waals surface area contributed by atoms with E-state index in [4.69, 9.17) is 20.9 Å². The zero-order valence-corrected chi connectivity index (χ0v) is 18.7. The normalized spacial score (nSPS) is 23.8. The van der Waals surface area contributed by atoms with Gasteiger partial charge in [-0.05, 0) is 53.4 Å². The number of rotatable bonds is 6. The SMILES string of the molecule is CC1(C)OB(c2cnc(SCC[C@H]3CCCCN3C(=O)CCl)nc2)OC1(C)C. The Morgan fingerprint density at radius 2 is 1.89 bits per heavy atom. The molecule has 1 amide bonds. The first-order valence-electron chi connectivity index (χ1n) is 9.89. The predicted octanol–water partition coefficient (Wildman–Crippen LogP) is 2.88. The van der Waals surface area contributed by atoms with Crippen LogP contribution >= 0.6 is 23.4 Å². The summed E-state index contributed by atoms with van der Waals surface area (Å²) in [4.78, 5) is 22.9. The van der Waals surface area contributed by atoms with E-state index in [1.165, 1.54) is 6.42 Å². The Morgan fingerprint density at radius 3 is 2.50 bits per heavy atom. The molecule has 3 rings (SSSR count). The molecule has 0 saturated carbocycles. The number of carbonyl (C=O) groups is 1. The van der Waals surface area contributed by atoms with E-state index in [0.717, 1.165) is 42.2 Å². The molecule has 0 bridgehead atoms. The zero-order valence-electron chi connectivity index (χ0n) is 17.1. The van der Waals surface area contributed by atoms with Crippen LogP contribution < -0.4 is 5.46 Å². The molecule has 154 valence electrons. The van der Waals surface area contributed by atoms with Crippen LogP contribution in [0.25, 0.3) is 0 Å². The fourth-order valence-electron chi connectivity index (χ4n) is 3.49. The smallest absolute Gasteiger partial charge is 0.399 e. The first kappa shape index (κ1) is 21.9. The number of hydrogen-bond donors (Lipinski definition) is 0. The maximum absolute atomic E-state index is 12.0. The Balaban J connectivity index is 1.52. The molecule has 1 aromatic rings. The van der Waals surface area contributed by atoms with Gasteiger partial charge in [0.05, 0.1) is 11.2 Å². The summed E-state index contributed by atoms with van der Waals surface area (Å²) in [5, 5.41) is 0.728. The third kappa shape index (κ3) is 4.83. The van der Waals surface area contributed by atoms with Gasteiger partial charge < -0.3 is 14.2 Å². The Bertz CT molecular complexity index is 674. The van der Waals surface area contributed by atoms with Crippen molar-refractivity contribution in [2.24, 2.45) is 0 Å². The Labute approximate surface area is 177 Å². The standard InChI is InChI=1S/C19H29BClN3O3S/c1-18(2)19(3,4)27-20(26-18)14-12-22-17(23-13-14)28-10-8-15-7-5-6-9-24(15)16(25)11-21/h12-13,15H,5-11H2,1-4H3/t15-/m1/s1. The largest absolute Gasteiger partial charge is 0.498 e. The van der Waals surface area contributed by atoms with Gasteiger partial charge in [0.25, 0.3) is 0 Å². The van der Waals surface area contributed by atoms with Gasteiger partial charge in [-0.3, -0.25) is 4.79 Å². The number of alkyl halides is 1. The van der Waals surface area contributed by atoms with Crippen molar-refractivity contribution in [3.05, 3.63) is 12.4 Å². The van der Waals surface area contributed by atoms with Crippen LogP contribution in [0.15, 0.2) is 17.6 Å². The van der Waals surface area contributed by atoms with Crippen molar-refractivity contribution in [3.63, 3.8) is 0 Å². The molecule has 28 heavy (non-hydrogen) atoms. The molecule has 0 radical (unpaired) electrons. The summed E-state index contributed by atoms with van der Waals surface area (Å²) in [7, 11) is -0.443. The summed E-state index contributed by atoms with van der Waals surface area (Å²) in [6.07, 6.45) is 7.76. The molecule has 0 spiro atoms. The van der Waals surface area contributed by atoms with Gasteiger partial charge >= 0.3 is 7.12 Å². The van der Waals surface area contributed by atoms with Gasteiger partial charge in [0, 0.05) is 36.2 Å². The van der Waals surface area contributed by atoms with Crippen molar-refractivity contribution in [1.29, 1.82) is 0 Å². The van der Waals surface area contributed by atoms with Crippen molar-refractivity contribution in [2.45, 2.75) is 75.8 Å². The summed E-state index contributed by atoms with van der Waals surface area (Å²) in [6.45, 7) is 8.94. The summed E-state index contributed by atoms with van der Waals surface area (Å²) >= 11 is 7.36. The Hall–Kier alpha value is -0.825. The molecular weight excluding hydrogens is 397 g/mol. The second kappa shape index (κ2) is 8.90. The van der Waals surface area contributed by atoms with Crippen LogP contribution in [-0.4, -0.2) is 63.3 Å². The van der Waals surface area contributed by atoms with E-state index < -0.39 is 7.12 Å². The number of piperidine rings is 1. The van der Waals surface area contributed by atoms with Crippen molar-refractivity contribution in [1.82, 2.24) is 14.9 Å². The van der Waals surface area contributed by atoms with Crippen LogP contribution in [0, 0.1) is 0 Å². The minimum atomic E-state index is -0.443. The van der Waals surface area contributed by atoms with Gasteiger partial charge in [-0.15, -0.1) is 11.6 Å². The number of hydrogen-bond acceptors (Lipinski definition) is 6. The maximum Gasteiger partial charge on any atom is 0.498 e. The summed E-state index contributed by atoms with van der Waals surface area (Å²) in [5.74, 6) is 0.971. The van der Waals surface area contributed by atoms with Crippen LogP contribution in [0.5, 0.6) is 0 Å². The number of nitrogens with zero attached hydrogens (tertiary/aromatic N) is 3. The monoisotopic (exact) mass is 425 g/mol. The van der Waals surface area contributed by atoms with E-state index in [1.54, 1.807) is 24.2 Å². The second-order valence-corrected chi connectivity index (χ2v) is 9.72. The molecule has 0 N–H and O–H groups in total. The summed E-state index contributed by atoms with van der Waals surface area (Å²) < 4.78 is 12.1. The van der Waals surface area contributed by atoms with Gasteiger partial charge in [0.2, 0.25) is 5.91 Å². The lowest BCUT2D eigenvalue weighted by molar-refractivity contribution is -0.132. The molecule has 1 atom stereocenters. The highest BCUT2D eigenvalue weighted by molar-refractivity contribution is 7.99. The lowest BCUT2D eigenvalue weighted by atomic mass is 9.81. The number of likely N-dealkylation sites (tertiary alicyclic amines) is 1. The minimum absolute atomic E-state index is 0.0411. The topological polar surface area (TPSA) is 64.5 Å². The van der Waals surface area contributed by atoms with Gasteiger partial charge in [0.15, 0.2) is 5.16 Å². The highest BCUT2D eigenvalue weighted by Gasteiger charge is 2.51. The Kier molecular flexibility index (Phi) is 6.95. The van der Waals surface area contributed by atoms with Gasteiger partial charge in [-0.2, -0.15) is 0 Å². The van der Waals surface area contributed by atoms with Crippen molar-refractivity contribution in [2.75, 3.05) is 18.2 Å². The predicted molar refractivity (Wildman–Crippen MR) is 113 cm³/mol. The third-order valence-electron chi connectivity index (χ3n) is 5.92. The highest BCUT2D eigenvalue weighted by Crippen LogP contribution is 2.36. The third-order valence-corrected chi connectivity index (χ3v) is 7.06. The molecule has 2 fully saturated rings. The zero-order chi connectivity index (χ0) is 20.4. The van der Waals surface area contributed by atoms with Crippen molar-refractivity contribution >= 4 is 41.9 Å². The van der Waals surface area contributed by atoms with Crippen LogP contribution in [0.1, 0.15) is 53.4 Å². The second-order valence-electron chi connectivity index (χ2n) is 8.39. The van der Waals surface area contributed by atoms with E-state index in [9.17, 15) is 4.79 Å². The lowest BCUT2D eigenvalue weighted by Gasteiger charge is -2.35. The number of aromatic nitrogens is 2. The van der Waals surface area contributed by atoms with E-state index in [-0.39, 0.29) is 29.0 Å². The lowest BCUT2D eigenvalue weighted by Crippen LogP contribution is -2.44. The van der Waals surface area contributed by atoms with Gasteiger partial charge in [-0.1, -0.05) is 11.8 Å². The van der Waals surface area contributed by atoms with E-state index in [2.05, 4.69) is 9.97 Å². The molecule has 9 heteroatoms.